The number of hydrogen-bond acceptors (Lipinski definition) is 6. The van der Waals surface area contributed by atoms with Gasteiger partial charge in [-0.2, -0.15) is 0 Å². The zero-order valence-electron chi connectivity index (χ0n) is 20.0. The van der Waals surface area contributed by atoms with Gasteiger partial charge in [-0.3, -0.25) is 4.79 Å². The number of rotatable bonds is 9. The molecule has 36 heavy (non-hydrogen) atoms. The molecule has 2 aromatic carbocycles. The zero-order chi connectivity index (χ0) is 25.3. The quantitative estimate of drug-likeness (QED) is 0.369. The Bertz CT molecular complexity index is 1190. The van der Waals surface area contributed by atoms with E-state index < -0.39 is 5.82 Å². The highest BCUT2D eigenvalue weighted by atomic mass is 32.1. The number of hydrogen-bond donors (Lipinski definition) is 3. The first kappa shape index (κ1) is 25.4. The lowest BCUT2D eigenvalue weighted by atomic mass is 9.90. The molecule has 0 unspecified atom stereocenters. The van der Waals surface area contributed by atoms with Gasteiger partial charge in [0.25, 0.3) is 5.91 Å². The summed E-state index contributed by atoms with van der Waals surface area (Å²) in [4.78, 5) is 29.9. The molecule has 0 bridgehead atoms. The van der Waals surface area contributed by atoms with E-state index in [1.165, 1.54) is 17.4 Å². The first-order valence-corrected chi connectivity index (χ1v) is 12.8. The summed E-state index contributed by atoms with van der Waals surface area (Å²) in [6.45, 7) is 2.44. The third-order valence-corrected chi connectivity index (χ3v) is 6.63. The minimum atomic E-state index is -0.451. The number of anilines is 1. The molecule has 0 radical (unpaired) electrons. The maximum atomic E-state index is 13.7. The minimum Gasteiger partial charge on any atom is -0.492 e. The van der Waals surface area contributed by atoms with Crippen LogP contribution in [0.15, 0.2) is 53.9 Å². The van der Waals surface area contributed by atoms with Crippen LogP contribution in [0.4, 0.5) is 14.9 Å². The maximum Gasteiger partial charge on any atom is 0.319 e. The van der Waals surface area contributed by atoms with Crippen LogP contribution in [-0.4, -0.2) is 35.6 Å². The van der Waals surface area contributed by atoms with Gasteiger partial charge in [-0.25, -0.2) is 14.2 Å². The number of thiazole rings is 1. The fourth-order valence-corrected chi connectivity index (χ4v) is 4.76. The van der Waals surface area contributed by atoms with Crippen LogP contribution >= 0.6 is 11.3 Å². The molecule has 0 aliphatic heterocycles. The van der Waals surface area contributed by atoms with Gasteiger partial charge in [0.1, 0.15) is 23.1 Å². The molecule has 3 N–H and O–H groups in total. The summed E-state index contributed by atoms with van der Waals surface area (Å²) in [6.07, 6.45) is 3.42. The molecule has 1 saturated carbocycles. The summed E-state index contributed by atoms with van der Waals surface area (Å²) in [5.74, 6) is -0.0311. The van der Waals surface area contributed by atoms with E-state index in [0.29, 0.717) is 23.1 Å². The molecular weight excluding hydrogens is 483 g/mol. The Hall–Kier alpha value is -3.66. The summed E-state index contributed by atoms with van der Waals surface area (Å²) in [6, 6.07) is 12.6. The molecule has 3 aromatic rings. The molecule has 3 amide bonds. The lowest BCUT2D eigenvalue weighted by molar-refractivity contribution is 0.0911. The average molecular weight is 513 g/mol. The van der Waals surface area contributed by atoms with Gasteiger partial charge in [0.05, 0.1) is 18.3 Å². The highest BCUT2D eigenvalue weighted by molar-refractivity contribution is 7.09. The molecule has 1 heterocycles. The van der Waals surface area contributed by atoms with Crippen LogP contribution < -0.4 is 25.4 Å². The zero-order valence-corrected chi connectivity index (χ0v) is 20.8. The number of aromatic nitrogens is 1. The second-order valence-electron chi connectivity index (χ2n) is 8.34. The molecule has 0 saturated heterocycles. The second-order valence-corrected chi connectivity index (χ2v) is 9.29. The highest BCUT2D eigenvalue weighted by Gasteiger charge is 2.29. The highest BCUT2D eigenvalue weighted by Crippen LogP contribution is 2.25. The molecule has 1 aromatic heterocycles. The number of para-hydroxylation sites is 3. The van der Waals surface area contributed by atoms with Crippen molar-refractivity contribution in [2.45, 2.75) is 51.3 Å². The monoisotopic (exact) mass is 512 g/mol. The average Bonchev–Trinajstić information content (AvgIpc) is 3.35. The summed E-state index contributed by atoms with van der Waals surface area (Å²) in [5.41, 5.74) is 0.854. The van der Waals surface area contributed by atoms with E-state index in [4.69, 9.17) is 9.47 Å². The largest absolute Gasteiger partial charge is 0.492 e. The van der Waals surface area contributed by atoms with Gasteiger partial charge < -0.3 is 25.4 Å². The van der Waals surface area contributed by atoms with Crippen LogP contribution in [0.1, 0.15) is 48.1 Å². The van der Waals surface area contributed by atoms with Crippen molar-refractivity contribution in [3.05, 3.63) is 70.4 Å². The van der Waals surface area contributed by atoms with Crippen molar-refractivity contribution in [2.75, 3.05) is 11.9 Å². The van der Waals surface area contributed by atoms with E-state index in [1.54, 1.807) is 35.7 Å². The SMILES string of the molecule is CCOc1ccccc1NC(=O)N[C@H]1CCCC[C@@H]1NC(=O)c1csc(COc2ccccc2F)n1. The van der Waals surface area contributed by atoms with Gasteiger partial charge in [0.2, 0.25) is 0 Å². The standard InChI is InChI=1S/C26H29FN4O4S/c1-2-34-23-14-8-6-12-20(23)31-26(33)30-19-11-5-4-10-18(19)29-25(32)21-16-36-24(28-21)15-35-22-13-7-3-9-17(22)27/h3,6-9,12-14,16,18-19H,2,4-5,10-11,15H2,1H3,(H,29,32)(H2,30,31,33)/t18-,19-/m0/s1. The third-order valence-electron chi connectivity index (χ3n) is 5.81. The fraction of sp³-hybridized carbons (Fsp3) is 0.346. The number of benzene rings is 2. The van der Waals surface area contributed by atoms with Crippen LogP contribution in [0.2, 0.25) is 0 Å². The number of halogens is 1. The maximum absolute atomic E-state index is 13.7. The molecule has 10 heteroatoms. The van der Waals surface area contributed by atoms with Gasteiger partial charge in [-0.05, 0) is 44.0 Å². The number of carbonyl (C=O) groups is 2. The Morgan fingerprint density at radius 1 is 1.00 bits per heavy atom. The van der Waals surface area contributed by atoms with Gasteiger partial charge in [0, 0.05) is 11.4 Å². The van der Waals surface area contributed by atoms with Gasteiger partial charge in [-0.1, -0.05) is 37.1 Å². The lowest BCUT2D eigenvalue weighted by Crippen LogP contribution is -2.54. The first-order valence-electron chi connectivity index (χ1n) is 12.0. The Kier molecular flexibility index (Phi) is 8.72. The van der Waals surface area contributed by atoms with Crippen molar-refractivity contribution >= 4 is 29.0 Å². The molecule has 1 aliphatic rings. The van der Waals surface area contributed by atoms with E-state index in [1.807, 2.05) is 19.1 Å². The number of carbonyl (C=O) groups excluding carboxylic acids is 2. The van der Waals surface area contributed by atoms with Crippen LogP contribution in [0, 0.1) is 5.82 Å². The topological polar surface area (TPSA) is 102 Å². The number of nitrogens with one attached hydrogen (secondary N) is 3. The first-order chi connectivity index (χ1) is 17.5. The minimum absolute atomic E-state index is 0.0654. The second kappa shape index (κ2) is 12.3. The number of amides is 3. The van der Waals surface area contributed by atoms with Crippen LogP contribution in [0.5, 0.6) is 11.5 Å². The summed E-state index contributed by atoms with van der Waals surface area (Å²) in [5, 5.41) is 11.1. The predicted molar refractivity (Wildman–Crippen MR) is 136 cm³/mol. The fourth-order valence-electron chi connectivity index (χ4n) is 4.08. The lowest BCUT2D eigenvalue weighted by Gasteiger charge is -2.32. The van der Waals surface area contributed by atoms with Crippen molar-refractivity contribution in [3.8, 4) is 11.5 Å². The van der Waals surface area contributed by atoms with Gasteiger partial charge in [0.15, 0.2) is 11.6 Å². The number of ether oxygens (including phenoxy) is 2. The van der Waals surface area contributed by atoms with E-state index in [0.717, 1.165) is 25.7 Å². The van der Waals surface area contributed by atoms with E-state index in [9.17, 15) is 14.0 Å². The van der Waals surface area contributed by atoms with Crippen molar-refractivity contribution in [3.63, 3.8) is 0 Å². The molecule has 190 valence electrons. The smallest absolute Gasteiger partial charge is 0.319 e. The molecule has 4 rings (SSSR count). The van der Waals surface area contributed by atoms with Crippen LogP contribution in [0.25, 0.3) is 0 Å². The van der Waals surface area contributed by atoms with E-state index in [2.05, 4.69) is 20.9 Å². The van der Waals surface area contributed by atoms with E-state index >= 15 is 0 Å². The Morgan fingerprint density at radius 2 is 1.69 bits per heavy atom. The van der Waals surface area contributed by atoms with E-state index in [-0.39, 0.29) is 42.1 Å². The Labute approximate surface area is 213 Å². The molecule has 0 spiro atoms. The van der Waals surface area contributed by atoms with Gasteiger partial charge >= 0.3 is 6.03 Å². The molecular formula is C26H29FN4O4S. The van der Waals surface area contributed by atoms with Crippen LogP contribution in [0.3, 0.4) is 0 Å². The molecule has 2 atom stereocenters. The Balaban J connectivity index is 1.32. The summed E-state index contributed by atoms with van der Waals surface area (Å²) < 4.78 is 24.8. The summed E-state index contributed by atoms with van der Waals surface area (Å²) >= 11 is 1.27. The third kappa shape index (κ3) is 6.72. The normalized spacial score (nSPS) is 17.2. The molecule has 1 fully saturated rings. The van der Waals surface area contributed by atoms with Crippen molar-refractivity contribution in [2.24, 2.45) is 0 Å². The number of nitrogens with zero attached hydrogens (tertiary/aromatic N) is 1. The van der Waals surface area contributed by atoms with Crippen molar-refractivity contribution < 1.29 is 23.5 Å². The molecule has 8 nitrogen and oxygen atoms in total. The predicted octanol–water partition coefficient (Wildman–Crippen LogP) is 5.12. The molecule has 1 aliphatic carbocycles. The summed E-state index contributed by atoms with van der Waals surface area (Å²) in [7, 11) is 0. The number of urea groups is 1. The van der Waals surface area contributed by atoms with Crippen molar-refractivity contribution in [1.29, 1.82) is 0 Å². The van der Waals surface area contributed by atoms with Gasteiger partial charge in [-0.15, -0.1) is 11.3 Å². The van der Waals surface area contributed by atoms with Crippen molar-refractivity contribution in [1.82, 2.24) is 15.6 Å². The van der Waals surface area contributed by atoms with Crippen LogP contribution in [-0.2, 0) is 6.61 Å². The Morgan fingerprint density at radius 3 is 2.44 bits per heavy atom.